The molecular weight excluding hydrogens is 260 g/mol. The van der Waals surface area contributed by atoms with Gasteiger partial charge in [-0.3, -0.25) is 14.8 Å². The minimum Gasteiger partial charge on any atom is -0.362 e. The molecule has 18 heavy (non-hydrogen) atoms. The summed E-state index contributed by atoms with van der Waals surface area (Å²) in [5.74, 6) is 0.146. The predicted octanol–water partition coefficient (Wildman–Crippen LogP) is 1.35. The zero-order chi connectivity index (χ0) is 13.0. The van der Waals surface area contributed by atoms with Gasteiger partial charge >= 0.3 is 5.69 Å². The Morgan fingerprint density at radius 1 is 1.50 bits per heavy atom. The lowest BCUT2D eigenvalue weighted by Gasteiger charge is -2.06. The van der Waals surface area contributed by atoms with Gasteiger partial charge in [0.15, 0.2) is 0 Å². The summed E-state index contributed by atoms with van der Waals surface area (Å²) in [5.41, 5.74) is -0.113. The molecule has 0 amide bonds. The number of anilines is 1. The van der Waals surface area contributed by atoms with Gasteiger partial charge in [0.05, 0.1) is 17.7 Å². The van der Waals surface area contributed by atoms with Gasteiger partial charge in [0.25, 0.3) is 0 Å². The van der Waals surface area contributed by atoms with E-state index in [1.54, 1.807) is 17.1 Å². The van der Waals surface area contributed by atoms with Crippen molar-refractivity contribution in [2.75, 3.05) is 11.9 Å². The third kappa shape index (κ3) is 2.92. The monoisotopic (exact) mass is 268 g/mol. The smallest absolute Gasteiger partial charge is 0.311 e. The summed E-state index contributed by atoms with van der Waals surface area (Å²) >= 11 is 5.70. The third-order valence-corrected chi connectivity index (χ3v) is 2.35. The van der Waals surface area contributed by atoms with Gasteiger partial charge < -0.3 is 5.32 Å². The molecule has 0 atom stereocenters. The first-order valence-electron chi connectivity index (χ1n) is 5.06. The number of nitrogens with one attached hydrogen (secondary N) is 1. The molecule has 94 valence electrons. The zero-order valence-electron chi connectivity index (χ0n) is 9.15. The van der Waals surface area contributed by atoms with E-state index in [4.69, 9.17) is 11.6 Å². The van der Waals surface area contributed by atoms with E-state index in [0.29, 0.717) is 13.1 Å². The third-order valence-electron chi connectivity index (χ3n) is 2.14. The lowest BCUT2D eigenvalue weighted by Crippen LogP contribution is -2.13. The lowest BCUT2D eigenvalue weighted by atomic mass is 10.4. The van der Waals surface area contributed by atoms with Gasteiger partial charge in [0, 0.05) is 18.8 Å². The fourth-order valence-electron chi connectivity index (χ4n) is 1.35. The van der Waals surface area contributed by atoms with Crippen molar-refractivity contribution in [2.24, 2.45) is 0 Å². The molecular formula is C9H9ClN6O2. The quantitative estimate of drug-likeness (QED) is 0.499. The van der Waals surface area contributed by atoms with E-state index < -0.39 is 4.92 Å². The van der Waals surface area contributed by atoms with E-state index in [2.05, 4.69) is 20.6 Å². The average molecular weight is 269 g/mol. The number of hydrogen-bond acceptors (Lipinski definition) is 6. The van der Waals surface area contributed by atoms with Crippen LogP contribution in [0.5, 0.6) is 0 Å². The minimum absolute atomic E-state index is 0.113. The van der Waals surface area contributed by atoms with Gasteiger partial charge in [0.2, 0.25) is 5.82 Å². The molecule has 0 saturated carbocycles. The minimum atomic E-state index is -0.513. The molecule has 0 aliphatic heterocycles. The number of halogens is 1. The first-order chi connectivity index (χ1) is 8.66. The molecule has 2 aromatic rings. The fourth-order valence-corrected chi connectivity index (χ4v) is 1.49. The second-order valence-corrected chi connectivity index (χ2v) is 3.74. The van der Waals surface area contributed by atoms with Crippen molar-refractivity contribution >= 4 is 23.1 Å². The summed E-state index contributed by atoms with van der Waals surface area (Å²) in [6.07, 6.45) is 3.25. The van der Waals surface area contributed by atoms with Gasteiger partial charge in [-0.1, -0.05) is 16.8 Å². The van der Waals surface area contributed by atoms with E-state index in [-0.39, 0.29) is 16.7 Å². The Morgan fingerprint density at radius 3 is 3.00 bits per heavy atom. The standard InChI is InChI=1S/C9H9ClN6O2/c10-8-2-1-7(16(17)18)9(13-8)11-3-5-15-6-4-12-14-15/h1-2,4,6H,3,5H2,(H,11,13). The molecule has 0 aliphatic carbocycles. The Balaban J connectivity index is 2.03. The molecule has 2 rings (SSSR count). The van der Waals surface area contributed by atoms with Crippen molar-refractivity contribution in [1.29, 1.82) is 0 Å². The van der Waals surface area contributed by atoms with Crippen LogP contribution in [0.3, 0.4) is 0 Å². The molecule has 0 fully saturated rings. The van der Waals surface area contributed by atoms with Crippen LogP contribution < -0.4 is 5.32 Å². The van der Waals surface area contributed by atoms with Gasteiger partial charge in [0.1, 0.15) is 5.15 Å². The predicted molar refractivity (Wildman–Crippen MR) is 64.4 cm³/mol. The topological polar surface area (TPSA) is 98.8 Å². The lowest BCUT2D eigenvalue weighted by molar-refractivity contribution is -0.384. The molecule has 9 heteroatoms. The number of pyridine rings is 1. The van der Waals surface area contributed by atoms with Gasteiger partial charge in [-0.25, -0.2) is 4.98 Å². The highest BCUT2D eigenvalue weighted by Gasteiger charge is 2.14. The molecule has 8 nitrogen and oxygen atoms in total. The van der Waals surface area contributed by atoms with Gasteiger partial charge in [-0.15, -0.1) is 5.10 Å². The Hall–Kier alpha value is -2.22. The van der Waals surface area contributed by atoms with Crippen LogP contribution in [-0.2, 0) is 6.54 Å². The highest BCUT2D eigenvalue weighted by atomic mass is 35.5. The Kier molecular flexibility index (Phi) is 3.68. The highest BCUT2D eigenvalue weighted by Crippen LogP contribution is 2.23. The number of hydrogen-bond donors (Lipinski definition) is 1. The maximum absolute atomic E-state index is 10.8. The van der Waals surface area contributed by atoms with Crippen LogP contribution in [0.1, 0.15) is 0 Å². The Bertz CT molecular complexity index is 544. The van der Waals surface area contributed by atoms with Crippen molar-refractivity contribution in [3.05, 3.63) is 39.8 Å². The van der Waals surface area contributed by atoms with E-state index >= 15 is 0 Å². The van der Waals surface area contributed by atoms with Crippen molar-refractivity contribution in [2.45, 2.75) is 6.54 Å². The molecule has 2 aromatic heterocycles. The molecule has 0 aromatic carbocycles. The first-order valence-corrected chi connectivity index (χ1v) is 5.43. The Labute approximate surface area is 107 Å². The molecule has 0 aliphatic rings. The van der Waals surface area contributed by atoms with Crippen molar-refractivity contribution in [1.82, 2.24) is 20.0 Å². The van der Waals surface area contributed by atoms with E-state index in [1.165, 1.54) is 12.1 Å². The van der Waals surface area contributed by atoms with Crippen molar-refractivity contribution in [3.63, 3.8) is 0 Å². The summed E-state index contributed by atoms with van der Waals surface area (Å²) in [6, 6.07) is 2.69. The van der Waals surface area contributed by atoms with Crippen LogP contribution in [-0.4, -0.2) is 31.4 Å². The molecule has 1 N–H and O–H groups in total. The summed E-state index contributed by atoms with van der Waals surface area (Å²) in [4.78, 5) is 14.1. The summed E-state index contributed by atoms with van der Waals surface area (Å²) in [6.45, 7) is 0.947. The van der Waals surface area contributed by atoms with Crippen LogP contribution >= 0.6 is 11.6 Å². The second kappa shape index (κ2) is 5.41. The van der Waals surface area contributed by atoms with E-state index in [1.807, 2.05) is 0 Å². The summed E-state index contributed by atoms with van der Waals surface area (Å²) in [7, 11) is 0. The molecule has 0 bridgehead atoms. The van der Waals surface area contributed by atoms with Crippen LogP contribution in [0.25, 0.3) is 0 Å². The van der Waals surface area contributed by atoms with Crippen LogP contribution in [0, 0.1) is 10.1 Å². The molecule has 0 radical (unpaired) electrons. The normalized spacial score (nSPS) is 10.3. The van der Waals surface area contributed by atoms with E-state index in [9.17, 15) is 10.1 Å². The van der Waals surface area contributed by atoms with Crippen LogP contribution in [0.4, 0.5) is 11.5 Å². The number of nitrogens with zero attached hydrogens (tertiary/aromatic N) is 5. The zero-order valence-corrected chi connectivity index (χ0v) is 9.91. The van der Waals surface area contributed by atoms with Crippen LogP contribution in [0.15, 0.2) is 24.5 Å². The number of rotatable bonds is 5. The molecule has 0 saturated heterocycles. The van der Waals surface area contributed by atoms with E-state index in [0.717, 1.165) is 0 Å². The maximum Gasteiger partial charge on any atom is 0.311 e. The summed E-state index contributed by atoms with van der Waals surface area (Å²) < 4.78 is 1.60. The van der Waals surface area contributed by atoms with Crippen LogP contribution in [0.2, 0.25) is 5.15 Å². The molecule has 0 spiro atoms. The largest absolute Gasteiger partial charge is 0.362 e. The number of aromatic nitrogens is 4. The van der Waals surface area contributed by atoms with Crippen molar-refractivity contribution in [3.8, 4) is 0 Å². The summed E-state index contributed by atoms with van der Waals surface area (Å²) in [5, 5.41) is 21.2. The average Bonchev–Trinajstić information content (AvgIpc) is 2.82. The fraction of sp³-hybridized carbons (Fsp3) is 0.222. The highest BCUT2D eigenvalue weighted by molar-refractivity contribution is 6.29. The second-order valence-electron chi connectivity index (χ2n) is 3.35. The van der Waals surface area contributed by atoms with Crippen molar-refractivity contribution < 1.29 is 4.92 Å². The Morgan fingerprint density at radius 2 is 2.33 bits per heavy atom. The van der Waals surface area contributed by atoms with Gasteiger partial charge in [-0.05, 0) is 6.07 Å². The molecule has 2 heterocycles. The first kappa shape index (κ1) is 12.2. The molecule has 0 unspecified atom stereocenters. The SMILES string of the molecule is O=[N+]([O-])c1ccc(Cl)nc1NCCn1ccnn1. The number of nitro groups is 1. The maximum atomic E-state index is 10.8. The van der Waals surface area contributed by atoms with Gasteiger partial charge in [-0.2, -0.15) is 0 Å².